The first-order chi connectivity index (χ1) is 10.4. The van der Waals surface area contributed by atoms with Gasteiger partial charge in [-0.3, -0.25) is 0 Å². The number of rotatable bonds is 4. The third-order valence-corrected chi connectivity index (χ3v) is 4.92. The van der Waals surface area contributed by atoms with Crippen molar-refractivity contribution in [3.8, 4) is 5.75 Å². The Morgan fingerprint density at radius 1 is 1.36 bits per heavy atom. The molecule has 0 saturated heterocycles. The maximum atomic E-state index is 12.2. The van der Waals surface area contributed by atoms with E-state index in [9.17, 15) is 8.42 Å². The number of hydrogen-bond acceptors (Lipinski definition) is 5. The Hall–Kier alpha value is -1.86. The monoisotopic (exact) mass is 322 g/mol. The molecular formula is C15H18N2O4S. The molecule has 1 N–H and O–H groups in total. The maximum absolute atomic E-state index is 12.2. The molecule has 118 valence electrons. The van der Waals surface area contributed by atoms with Gasteiger partial charge >= 0.3 is 0 Å². The zero-order valence-corrected chi connectivity index (χ0v) is 13.3. The fourth-order valence-electron chi connectivity index (χ4n) is 2.64. The zero-order valence-electron chi connectivity index (χ0n) is 12.5. The lowest BCUT2D eigenvalue weighted by atomic mass is 10.0. The van der Waals surface area contributed by atoms with E-state index in [0.717, 1.165) is 16.9 Å². The predicted octanol–water partition coefficient (Wildman–Crippen LogP) is 1.71. The van der Waals surface area contributed by atoms with Gasteiger partial charge in [-0.25, -0.2) is 13.1 Å². The molecule has 0 aliphatic carbocycles. The second kappa shape index (κ2) is 5.73. The third-order valence-electron chi connectivity index (χ3n) is 3.55. The SMILES string of the molecule is Cc1cc(CS(=O)(=O)NC2COc3c(C)cccc3C2)no1. The first-order valence-corrected chi connectivity index (χ1v) is 8.72. The normalized spacial score (nSPS) is 17.8. The van der Waals surface area contributed by atoms with E-state index < -0.39 is 10.0 Å². The Morgan fingerprint density at radius 3 is 2.91 bits per heavy atom. The Morgan fingerprint density at radius 2 is 2.18 bits per heavy atom. The van der Waals surface area contributed by atoms with Crippen molar-refractivity contribution < 1.29 is 17.7 Å². The van der Waals surface area contributed by atoms with Gasteiger partial charge in [-0.2, -0.15) is 0 Å². The van der Waals surface area contributed by atoms with Crippen LogP contribution in [0.5, 0.6) is 5.75 Å². The summed E-state index contributed by atoms with van der Waals surface area (Å²) >= 11 is 0. The molecule has 3 rings (SSSR count). The quantitative estimate of drug-likeness (QED) is 0.927. The van der Waals surface area contributed by atoms with Gasteiger partial charge in [0.15, 0.2) is 0 Å². The first-order valence-electron chi connectivity index (χ1n) is 7.06. The van der Waals surface area contributed by atoms with Crippen LogP contribution < -0.4 is 9.46 Å². The van der Waals surface area contributed by atoms with Gasteiger partial charge in [0.1, 0.15) is 29.6 Å². The van der Waals surface area contributed by atoms with Crippen LogP contribution in [0, 0.1) is 13.8 Å². The minimum Gasteiger partial charge on any atom is -0.491 e. The number of aryl methyl sites for hydroxylation is 2. The smallest absolute Gasteiger partial charge is 0.217 e. The Labute approximate surface area is 129 Å². The van der Waals surface area contributed by atoms with Crippen LogP contribution >= 0.6 is 0 Å². The molecule has 1 aromatic heterocycles. The number of sulfonamides is 1. The predicted molar refractivity (Wildman–Crippen MR) is 81.2 cm³/mol. The number of para-hydroxylation sites is 1. The van der Waals surface area contributed by atoms with E-state index >= 15 is 0 Å². The summed E-state index contributed by atoms with van der Waals surface area (Å²) in [6.07, 6.45) is 0.619. The summed E-state index contributed by atoms with van der Waals surface area (Å²) in [6, 6.07) is 7.24. The van der Waals surface area contributed by atoms with Crippen molar-refractivity contribution in [1.29, 1.82) is 0 Å². The highest BCUT2D eigenvalue weighted by Gasteiger charge is 2.25. The summed E-state index contributed by atoms with van der Waals surface area (Å²) in [6.45, 7) is 4.04. The molecule has 0 radical (unpaired) electrons. The number of aromatic nitrogens is 1. The first kappa shape index (κ1) is 15.1. The number of nitrogens with zero attached hydrogens (tertiary/aromatic N) is 1. The van der Waals surface area contributed by atoms with E-state index in [1.54, 1.807) is 13.0 Å². The molecule has 2 aromatic rings. The highest BCUT2D eigenvalue weighted by atomic mass is 32.2. The summed E-state index contributed by atoms with van der Waals surface area (Å²) in [7, 11) is -3.49. The third kappa shape index (κ3) is 3.31. The maximum Gasteiger partial charge on any atom is 0.217 e. The number of hydrogen-bond donors (Lipinski definition) is 1. The second-order valence-electron chi connectivity index (χ2n) is 5.58. The zero-order chi connectivity index (χ0) is 15.7. The van der Waals surface area contributed by atoms with Crippen molar-refractivity contribution in [2.24, 2.45) is 0 Å². The topological polar surface area (TPSA) is 81.4 Å². The van der Waals surface area contributed by atoms with Crippen LogP contribution in [0.3, 0.4) is 0 Å². The van der Waals surface area contributed by atoms with Crippen molar-refractivity contribution in [2.45, 2.75) is 32.1 Å². The van der Waals surface area contributed by atoms with Crippen molar-refractivity contribution >= 4 is 10.0 Å². The average molecular weight is 322 g/mol. The van der Waals surface area contributed by atoms with Gasteiger partial charge in [-0.05, 0) is 31.4 Å². The van der Waals surface area contributed by atoms with Crippen LogP contribution in [0.4, 0.5) is 0 Å². The van der Waals surface area contributed by atoms with Gasteiger partial charge in [0.2, 0.25) is 10.0 Å². The lowest BCUT2D eigenvalue weighted by Crippen LogP contribution is -2.43. The van der Waals surface area contributed by atoms with Crippen LogP contribution in [0.25, 0.3) is 0 Å². The van der Waals surface area contributed by atoms with E-state index in [1.807, 2.05) is 25.1 Å². The van der Waals surface area contributed by atoms with E-state index in [4.69, 9.17) is 9.26 Å². The van der Waals surface area contributed by atoms with Gasteiger partial charge < -0.3 is 9.26 Å². The summed E-state index contributed by atoms with van der Waals surface area (Å²) in [5.41, 5.74) is 2.49. The van der Waals surface area contributed by atoms with Crippen LogP contribution in [0.15, 0.2) is 28.8 Å². The molecule has 0 amide bonds. The summed E-state index contributed by atoms with van der Waals surface area (Å²) in [5.74, 6) is 1.27. The van der Waals surface area contributed by atoms with Gasteiger partial charge in [-0.15, -0.1) is 0 Å². The fraction of sp³-hybridized carbons (Fsp3) is 0.400. The van der Waals surface area contributed by atoms with Gasteiger partial charge in [0, 0.05) is 6.07 Å². The van der Waals surface area contributed by atoms with Crippen molar-refractivity contribution in [2.75, 3.05) is 6.61 Å². The van der Waals surface area contributed by atoms with Crippen molar-refractivity contribution in [1.82, 2.24) is 9.88 Å². The molecule has 1 aliphatic heterocycles. The lowest BCUT2D eigenvalue weighted by Gasteiger charge is -2.26. The molecule has 0 spiro atoms. The molecule has 1 aliphatic rings. The molecule has 7 heteroatoms. The molecule has 2 heterocycles. The number of benzene rings is 1. The summed E-state index contributed by atoms with van der Waals surface area (Å²) in [5, 5.41) is 3.72. The summed E-state index contributed by atoms with van der Waals surface area (Å²) in [4.78, 5) is 0. The van der Waals surface area contributed by atoms with Gasteiger partial charge in [0.25, 0.3) is 0 Å². The van der Waals surface area contributed by atoms with Crippen LogP contribution in [-0.4, -0.2) is 26.2 Å². The van der Waals surface area contributed by atoms with E-state index in [-0.39, 0.29) is 11.8 Å². The van der Waals surface area contributed by atoms with Crippen molar-refractivity contribution in [3.63, 3.8) is 0 Å². The van der Waals surface area contributed by atoms with Crippen molar-refractivity contribution in [3.05, 3.63) is 46.8 Å². The van der Waals surface area contributed by atoms with E-state index in [0.29, 0.717) is 24.5 Å². The standard InChI is InChI=1S/C15H18N2O4S/c1-10-4-3-5-12-7-13(8-20-15(10)12)17-22(18,19)9-14-6-11(2)21-16-14/h3-6,13,17H,7-9H2,1-2H3. The van der Waals surface area contributed by atoms with E-state index in [1.165, 1.54) is 0 Å². The molecule has 1 aromatic carbocycles. The Balaban J connectivity index is 1.69. The molecule has 0 fully saturated rings. The molecule has 1 unspecified atom stereocenters. The molecule has 0 bridgehead atoms. The highest BCUT2D eigenvalue weighted by molar-refractivity contribution is 7.88. The molecule has 6 nitrogen and oxygen atoms in total. The van der Waals surface area contributed by atoms with Gasteiger partial charge in [-0.1, -0.05) is 23.4 Å². The summed E-state index contributed by atoms with van der Waals surface area (Å²) < 4.78 is 37.7. The Bertz CT molecular complexity index is 783. The van der Waals surface area contributed by atoms with Crippen LogP contribution in [0.2, 0.25) is 0 Å². The molecule has 22 heavy (non-hydrogen) atoms. The molecule has 0 saturated carbocycles. The average Bonchev–Trinajstić information content (AvgIpc) is 2.82. The minimum absolute atomic E-state index is 0.193. The lowest BCUT2D eigenvalue weighted by molar-refractivity contribution is 0.252. The molecule has 1 atom stereocenters. The second-order valence-corrected chi connectivity index (χ2v) is 7.33. The van der Waals surface area contributed by atoms with Crippen LogP contribution in [0.1, 0.15) is 22.6 Å². The highest BCUT2D eigenvalue weighted by Crippen LogP contribution is 2.28. The van der Waals surface area contributed by atoms with E-state index in [2.05, 4.69) is 9.88 Å². The largest absolute Gasteiger partial charge is 0.491 e. The molecular weight excluding hydrogens is 304 g/mol. The number of ether oxygens (including phenoxy) is 1. The number of fused-ring (bicyclic) bond motifs is 1. The van der Waals surface area contributed by atoms with Gasteiger partial charge in [0.05, 0.1) is 6.04 Å². The minimum atomic E-state index is -3.49. The fourth-order valence-corrected chi connectivity index (χ4v) is 3.91. The Kier molecular flexibility index (Phi) is 3.92. The van der Waals surface area contributed by atoms with Crippen LogP contribution in [-0.2, 0) is 22.2 Å². The number of nitrogens with one attached hydrogen (secondary N) is 1.